The number of hydrogen-bond acceptors (Lipinski definition) is 7. The number of ether oxygens (including phenoxy) is 2. The Labute approximate surface area is 220 Å². The van der Waals surface area contributed by atoms with Gasteiger partial charge in [-0.15, -0.1) is 0 Å². The molecule has 1 atom stereocenters. The van der Waals surface area contributed by atoms with Crippen molar-refractivity contribution < 1.29 is 17.9 Å². The van der Waals surface area contributed by atoms with Gasteiger partial charge in [0, 0.05) is 70.3 Å². The Morgan fingerprint density at radius 1 is 0.892 bits per heavy atom. The molecule has 0 spiro atoms. The van der Waals surface area contributed by atoms with Gasteiger partial charge >= 0.3 is 0 Å². The van der Waals surface area contributed by atoms with Gasteiger partial charge in [0.1, 0.15) is 16.4 Å². The van der Waals surface area contributed by atoms with Crippen LogP contribution in [0.3, 0.4) is 0 Å². The molecule has 1 unspecified atom stereocenters. The summed E-state index contributed by atoms with van der Waals surface area (Å²) in [6, 6.07) is 23.4. The maximum Gasteiger partial charge on any atom is 0.244 e. The van der Waals surface area contributed by atoms with E-state index < -0.39 is 10.0 Å². The third-order valence-corrected chi connectivity index (χ3v) is 8.24. The van der Waals surface area contributed by atoms with Crippen molar-refractivity contribution in [3.8, 4) is 11.5 Å². The standard InChI is InChI=1S/C28H36N4O4S/c1-30(2)23-12-10-22(11-13-23)26(32-18-16-31(17-19-32)24-8-6-5-7-9-24)21-29-37(33,34)28-20-25(35-3)14-15-27(28)36-4/h5-15,20,26,29H,16-19,21H2,1-4H3. The molecule has 0 radical (unpaired) electrons. The summed E-state index contributed by atoms with van der Waals surface area (Å²) < 4.78 is 40.2. The minimum absolute atomic E-state index is 0.0601. The number of hydrogen-bond donors (Lipinski definition) is 1. The van der Waals surface area contributed by atoms with Crippen molar-refractivity contribution in [2.75, 3.05) is 70.8 Å². The number of para-hydroxylation sites is 1. The van der Waals surface area contributed by atoms with Crippen molar-refractivity contribution in [3.05, 3.63) is 78.4 Å². The molecule has 0 saturated carbocycles. The molecule has 0 aliphatic carbocycles. The van der Waals surface area contributed by atoms with E-state index in [-0.39, 0.29) is 23.2 Å². The largest absolute Gasteiger partial charge is 0.497 e. The Bertz CT molecular complexity index is 1260. The monoisotopic (exact) mass is 524 g/mol. The minimum atomic E-state index is -3.85. The van der Waals surface area contributed by atoms with Gasteiger partial charge in [-0.25, -0.2) is 13.1 Å². The van der Waals surface area contributed by atoms with Crippen molar-refractivity contribution >= 4 is 21.4 Å². The Morgan fingerprint density at radius 3 is 2.16 bits per heavy atom. The van der Waals surface area contributed by atoms with Gasteiger partial charge in [-0.05, 0) is 42.0 Å². The molecule has 1 aliphatic heterocycles. The first-order chi connectivity index (χ1) is 17.8. The van der Waals surface area contributed by atoms with E-state index in [4.69, 9.17) is 9.47 Å². The number of rotatable bonds is 10. The third-order valence-electron chi connectivity index (χ3n) is 6.80. The average molecular weight is 525 g/mol. The highest BCUT2D eigenvalue weighted by Gasteiger charge is 2.28. The second-order valence-corrected chi connectivity index (χ2v) is 11.0. The number of nitrogens with zero attached hydrogens (tertiary/aromatic N) is 3. The smallest absolute Gasteiger partial charge is 0.244 e. The van der Waals surface area contributed by atoms with Crippen LogP contribution in [0.2, 0.25) is 0 Å². The normalized spacial score (nSPS) is 15.3. The molecule has 3 aromatic carbocycles. The summed E-state index contributed by atoms with van der Waals surface area (Å²) in [4.78, 5) is 6.84. The van der Waals surface area contributed by atoms with Gasteiger partial charge in [-0.3, -0.25) is 4.90 Å². The maximum absolute atomic E-state index is 13.4. The maximum atomic E-state index is 13.4. The van der Waals surface area contributed by atoms with E-state index in [0.717, 1.165) is 37.4 Å². The Balaban J connectivity index is 1.56. The van der Waals surface area contributed by atoms with Crippen LogP contribution in [0.1, 0.15) is 11.6 Å². The molecule has 0 amide bonds. The predicted molar refractivity (Wildman–Crippen MR) is 148 cm³/mol. The number of methoxy groups -OCH3 is 2. The molecule has 4 rings (SSSR count). The zero-order valence-electron chi connectivity index (χ0n) is 21.9. The van der Waals surface area contributed by atoms with Gasteiger partial charge in [0.15, 0.2) is 0 Å². The van der Waals surface area contributed by atoms with E-state index in [1.807, 2.05) is 20.2 Å². The molecule has 1 saturated heterocycles. The van der Waals surface area contributed by atoms with Gasteiger partial charge in [0.25, 0.3) is 0 Å². The highest BCUT2D eigenvalue weighted by atomic mass is 32.2. The minimum Gasteiger partial charge on any atom is -0.497 e. The lowest BCUT2D eigenvalue weighted by atomic mass is 10.0. The highest BCUT2D eigenvalue weighted by molar-refractivity contribution is 7.89. The van der Waals surface area contributed by atoms with Crippen LogP contribution < -0.4 is 24.0 Å². The highest BCUT2D eigenvalue weighted by Crippen LogP contribution is 2.30. The lowest BCUT2D eigenvalue weighted by Crippen LogP contribution is -2.49. The van der Waals surface area contributed by atoms with Crippen LogP contribution >= 0.6 is 0 Å². The topological polar surface area (TPSA) is 74.3 Å². The van der Waals surface area contributed by atoms with Gasteiger partial charge in [-0.1, -0.05) is 30.3 Å². The Morgan fingerprint density at radius 2 is 1.57 bits per heavy atom. The van der Waals surface area contributed by atoms with Gasteiger partial charge in [-0.2, -0.15) is 0 Å². The molecular weight excluding hydrogens is 488 g/mol. The van der Waals surface area contributed by atoms with Crippen molar-refractivity contribution in [2.24, 2.45) is 0 Å². The Hall–Kier alpha value is -3.27. The number of sulfonamides is 1. The zero-order valence-corrected chi connectivity index (χ0v) is 22.7. The fraction of sp³-hybridized carbons (Fsp3) is 0.357. The average Bonchev–Trinajstić information content (AvgIpc) is 2.93. The number of nitrogens with one attached hydrogen (secondary N) is 1. The fourth-order valence-corrected chi connectivity index (χ4v) is 5.86. The molecule has 198 valence electrons. The summed E-state index contributed by atoms with van der Waals surface area (Å²) in [6.07, 6.45) is 0. The quantitative estimate of drug-likeness (QED) is 0.434. The van der Waals surface area contributed by atoms with Crippen molar-refractivity contribution in [2.45, 2.75) is 10.9 Å². The molecule has 1 heterocycles. The van der Waals surface area contributed by atoms with Crippen LogP contribution in [0.5, 0.6) is 11.5 Å². The van der Waals surface area contributed by atoms with Crippen LogP contribution in [0, 0.1) is 0 Å². The second-order valence-electron chi connectivity index (χ2n) is 9.23. The number of anilines is 2. The fourth-order valence-electron chi connectivity index (χ4n) is 4.64. The zero-order chi connectivity index (χ0) is 26.4. The van der Waals surface area contributed by atoms with Gasteiger partial charge in [0.2, 0.25) is 10.0 Å². The van der Waals surface area contributed by atoms with Gasteiger partial charge < -0.3 is 19.3 Å². The molecule has 9 heteroatoms. The summed E-state index contributed by atoms with van der Waals surface area (Å²) in [5.41, 5.74) is 3.37. The summed E-state index contributed by atoms with van der Waals surface area (Å²) >= 11 is 0. The Kier molecular flexibility index (Phi) is 8.58. The molecule has 1 aliphatic rings. The van der Waals surface area contributed by atoms with Crippen molar-refractivity contribution in [1.82, 2.24) is 9.62 Å². The lowest BCUT2D eigenvalue weighted by Gasteiger charge is -2.40. The lowest BCUT2D eigenvalue weighted by molar-refractivity contribution is 0.187. The number of benzene rings is 3. The van der Waals surface area contributed by atoms with Crippen LogP contribution in [0.15, 0.2) is 77.7 Å². The van der Waals surface area contributed by atoms with E-state index in [1.54, 1.807) is 12.1 Å². The summed E-state index contributed by atoms with van der Waals surface area (Å²) in [6.45, 7) is 3.60. The second kappa shape index (κ2) is 11.9. The molecule has 8 nitrogen and oxygen atoms in total. The van der Waals surface area contributed by atoms with E-state index in [9.17, 15) is 8.42 Å². The molecule has 3 aromatic rings. The molecule has 1 fully saturated rings. The predicted octanol–water partition coefficient (Wildman–Crippen LogP) is 3.61. The van der Waals surface area contributed by atoms with E-state index >= 15 is 0 Å². The summed E-state index contributed by atoms with van der Waals surface area (Å²) in [5, 5.41) is 0. The molecule has 0 bridgehead atoms. The first-order valence-corrected chi connectivity index (χ1v) is 13.8. The summed E-state index contributed by atoms with van der Waals surface area (Å²) in [7, 11) is 3.13. The van der Waals surface area contributed by atoms with E-state index in [1.165, 1.54) is 26.0 Å². The number of piperazine rings is 1. The van der Waals surface area contributed by atoms with Gasteiger partial charge in [0.05, 0.1) is 14.2 Å². The van der Waals surface area contributed by atoms with Crippen LogP contribution in [0.4, 0.5) is 11.4 Å². The van der Waals surface area contributed by atoms with Crippen LogP contribution in [0.25, 0.3) is 0 Å². The van der Waals surface area contributed by atoms with Crippen LogP contribution in [-0.4, -0.2) is 74.4 Å². The van der Waals surface area contributed by atoms with Crippen molar-refractivity contribution in [1.29, 1.82) is 0 Å². The SMILES string of the molecule is COc1ccc(OC)c(S(=O)(=O)NCC(c2ccc(N(C)C)cc2)N2CCN(c3ccccc3)CC2)c1. The first kappa shape index (κ1) is 26.8. The molecular formula is C28H36N4O4S. The van der Waals surface area contributed by atoms with Crippen LogP contribution in [-0.2, 0) is 10.0 Å². The van der Waals surface area contributed by atoms with E-state index in [0.29, 0.717) is 5.75 Å². The third kappa shape index (κ3) is 6.36. The summed E-state index contributed by atoms with van der Waals surface area (Å²) in [5.74, 6) is 0.727. The molecule has 1 N–H and O–H groups in total. The first-order valence-electron chi connectivity index (χ1n) is 12.4. The van der Waals surface area contributed by atoms with Crippen molar-refractivity contribution in [3.63, 3.8) is 0 Å². The van der Waals surface area contributed by atoms with E-state index in [2.05, 4.69) is 68.0 Å². The molecule has 0 aromatic heterocycles. The molecule has 37 heavy (non-hydrogen) atoms.